The number of fused-ring (bicyclic) bond motifs is 2. The number of allylic oxidation sites excluding steroid dienone is 2. The molecule has 0 aromatic carbocycles. The molecule has 0 nitrogen and oxygen atoms in total. The normalized spacial score (nSPS) is 13.0. The molecule has 0 aromatic heterocycles. The zero-order valence-electron chi connectivity index (χ0n) is 16.1. The molecule has 0 saturated carbocycles. The highest BCUT2D eigenvalue weighted by Crippen LogP contribution is 2.44. The lowest BCUT2D eigenvalue weighted by Crippen LogP contribution is -1.92. The molecule has 0 bridgehead atoms. The van der Waals surface area contributed by atoms with Crippen molar-refractivity contribution in [1.29, 1.82) is 0 Å². The second-order valence-electron chi connectivity index (χ2n) is 7.31. The number of rotatable bonds is 2. The van der Waals surface area contributed by atoms with E-state index in [2.05, 4.69) is 104 Å². The predicted octanol–water partition coefficient (Wildman–Crippen LogP) is 6.73. The van der Waals surface area contributed by atoms with Crippen molar-refractivity contribution in [3.8, 4) is 22.3 Å². The van der Waals surface area contributed by atoms with Crippen molar-refractivity contribution in [1.82, 2.24) is 0 Å². The molecule has 0 aromatic rings. The monoisotopic (exact) mass is 377 g/mol. The highest BCUT2D eigenvalue weighted by Gasteiger charge is 2.27. The molecule has 0 radical (unpaired) electrons. The van der Waals surface area contributed by atoms with Crippen LogP contribution in [-0.2, 0) is 11.4 Å². The van der Waals surface area contributed by atoms with Gasteiger partial charge in [0.05, 0.1) is 5.57 Å². The summed E-state index contributed by atoms with van der Waals surface area (Å²) in [7, 11) is 0. The Balaban J connectivity index is 1.85. The number of hydrogen-bond donors (Lipinski definition) is 0. The van der Waals surface area contributed by atoms with Crippen LogP contribution in [0, 0.1) is 13.8 Å². The molecule has 1 heterocycles. The maximum atomic E-state index is 2.36. The molecule has 0 unspecified atom stereocenters. The Morgan fingerprint density at radius 1 is 0.643 bits per heavy atom. The summed E-state index contributed by atoms with van der Waals surface area (Å²) in [6.45, 7) is 4.43. The van der Waals surface area contributed by atoms with Crippen molar-refractivity contribution in [2.75, 3.05) is 0 Å². The van der Waals surface area contributed by atoms with E-state index in [1.807, 2.05) is 11.4 Å². The molecule has 5 aliphatic rings. The third kappa shape index (κ3) is 2.71. The van der Waals surface area contributed by atoms with E-state index in [9.17, 15) is 0 Å². The van der Waals surface area contributed by atoms with Crippen LogP contribution in [-0.4, -0.2) is 5.37 Å². The molecule has 0 spiro atoms. The molecule has 134 valence electrons. The molecule has 0 N–H and O–H groups in total. The van der Waals surface area contributed by atoms with Crippen LogP contribution < -0.4 is 0 Å². The summed E-state index contributed by atoms with van der Waals surface area (Å²) < 4.78 is 0. The quantitative estimate of drug-likeness (QED) is 0.268. The Hall–Kier alpha value is -3.03. The molecular weight excluding hydrogens is 356 g/mol. The van der Waals surface area contributed by atoms with Crippen molar-refractivity contribution < 1.29 is 0 Å². The van der Waals surface area contributed by atoms with Crippen molar-refractivity contribution in [2.45, 2.75) is 13.8 Å². The van der Waals surface area contributed by atoms with Crippen molar-refractivity contribution in [3.05, 3.63) is 112 Å². The lowest BCUT2D eigenvalue weighted by Gasteiger charge is -2.08. The minimum Gasteiger partial charge on any atom is -0.0622 e. The van der Waals surface area contributed by atoms with Crippen molar-refractivity contribution in [3.63, 3.8) is 0 Å². The largest absolute Gasteiger partial charge is 0.239 e. The molecule has 0 saturated heterocycles. The van der Waals surface area contributed by atoms with Crippen LogP contribution in [0.2, 0.25) is 0 Å². The molecule has 0 amide bonds. The second kappa shape index (κ2) is 6.85. The molecule has 5 rings (SSSR count). The van der Waals surface area contributed by atoms with Crippen LogP contribution in [0.5, 0.6) is 0 Å². The minimum atomic E-state index is 1.32. The first-order valence-electron chi connectivity index (χ1n) is 9.62. The predicted molar refractivity (Wildman–Crippen MR) is 124 cm³/mol. The van der Waals surface area contributed by atoms with Gasteiger partial charge < -0.3 is 0 Å². The standard InChI is InChI=1S/C27H21S/c1-18-16-24(22-12-7-3-5-10-20(18)22)27(26-14-9-15-28-26)25-17-19(2)21-11-6-4-8-13-23(21)25/h3-17H,1-2H3/q+1. The van der Waals surface area contributed by atoms with Gasteiger partial charge in [-0.1, -0.05) is 60.7 Å². The van der Waals surface area contributed by atoms with Crippen LogP contribution in [0.25, 0.3) is 27.8 Å². The Morgan fingerprint density at radius 2 is 1.14 bits per heavy atom. The molecular formula is C27H21S+. The van der Waals surface area contributed by atoms with Crippen LogP contribution in [0.15, 0.2) is 89.9 Å². The maximum Gasteiger partial charge on any atom is 0.239 e. The smallest absolute Gasteiger partial charge is 0.0622 e. The lowest BCUT2D eigenvalue weighted by atomic mass is 9.94. The summed E-state index contributed by atoms with van der Waals surface area (Å²) in [6, 6.07) is 26.4. The molecule has 1 heteroatoms. The van der Waals surface area contributed by atoms with Gasteiger partial charge in [-0.15, -0.1) is 0 Å². The fourth-order valence-corrected chi connectivity index (χ4v) is 5.04. The Morgan fingerprint density at radius 3 is 1.61 bits per heavy atom. The van der Waals surface area contributed by atoms with Gasteiger partial charge in [-0.05, 0) is 70.5 Å². The average Bonchev–Trinajstić information content (AvgIpc) is 3.25. The summed E-state index contributed by atoms with van der Waals surface area (Å²) in [5, 5.41) is 2.17. The van der Waals surface area contributed by atoms with E-state index in [-0.39, 0.29) is 0 Å². The van der Waals surface area contributed by atoms with Crippen LogP contribution in [0.1, 0.15) is 22.3 Å². The lowest BCUT2D eigenvalue weighted by molar-refractivity contribution is 1.53. The van der Waals surface area contributed by atoms with E-state index in [0.29, 0.717) is 0 Å². The van der Waals surface area contributed by atoms with E-state index in [0.717, 1.165) is 0 Å². The van der Waals surface area contributed by atoms with E-state index < -0.39 is 0 Å². The molecule has 0 fully saturated rings. The number of hydrogen-bond acceptors (Lipinski definition) is 0. The van der Waals surface area contributed by atoms with Gasteiger partial charge in [0.25, 0.3) is 0 Å². The third-order valence-electron chi connectivity index (χ3n) is 5.53. The first kappa shape index (κ1) is 17.1. The van der Waals surface area contributed by atoms with Gasteiger partial charge in [0.1, 0.15) is 0 Å². The van der Waals surface area contributed by atoms with E-state index >= 15 is 0 Å². The zero-order chi connectivity index (χ0) is 19.1. The van der Waals surface area contributed by atoms with Gasteiger partial charge in [-0.3, -0.25) is 0 Å². The highest BCUT2D eigenvalue weighted by atomic mass is 32.1. The zero-order valence-corrected chi connectivity index (χ0v) is 16.9. The topological polar surface area (TPSA) is 0 Å². The molecule has 28 heavy (non-hydrogen) atoms. The van der Waals surface area contributed by atoms with Gasteiger partial charge in [0.2, 0.25) is 16.3 Å². The maximum absolute atomic E-state index is 2.36. The van der Waals surface area contributed by atoms with E-state index in [1.54, 1.807) is 0 Å². The van der Waals surface area contributed by atoms with E-state index in [4.69, 9.17) is 0 Å². The van der Waals surface area contributed by atoms with Gasteiger partial charge in [-0.2, -0.15) is 0 Å². The Kier molecular flexibility index (Phi) is 4.18. The SMILES string of the molecule is Cc1cc(C(=C2C=CC=[S+]2)c2cc(C)c3cccccc2-3)c2cccccc1-2. The van der Waals surface area contributed by atoms with Crippen LogP contribution in [0.3, 0.4) is 0 Å². The second-order valence-corrected chi connectivity index (χ2v) is 8.26. The first-order valence-corrected chi connectivity index (χ1v) is 10.5. The average molecular weight is 378 g/mol. The summed E-state index contributed by atoms with van der Waals surface area (Å²) in [5.74, 6) is 0. The van der Waals surface area contributed by atoms with Gasteiger partial charge >= 0.3 is 0 Å². The summed E-state index contributed by atoms with van der Waals surface area (Å²) >= 11 is 1.81. The fourth-order valence-electron chi connectivity index (χ4n) is 4.24. The fraction of sp³-hybridized carbons (Fsp3) is 0.0741. The Bertz CT molecular complexity index is 1130. The minimum absolute atomic E-state index is 1.32. The molecule has 0 atom stereocenters. The summed E-state index contributed by atoms with van der Waals surface area (Å²) in [5.41, 5.74) is 11.9. The molecule has 1 aliphatic heterocycles. The first-order chi connectivity index (χ1) is 13.7. The van der Waals surface area contributed by atoms with Gasteiger partial charge in [-0.25, -0.2) is 0 Å². The Labute approximate surface area is 170 Å². The van der Waals surface area contributed by atoms with Crippen LogP contribution >= 0.6 is 0 Å². The van der Waals surface area contributed by atoms with Gasteiger partial charge in [0.15, 0.2) is 5.37 Å². The third-order valence-corrected chi connectivity index (χ3v) is 6.42. The number of aryl methyl sites for hydroxylation is 2. The molecule has 4 aliphatic carbocycles. The summed E-state index contributed by atoms with van der Waals surface area (Å²) in [4.78, 5) is 1.32. The van der Waals surface area contributed by atoms with Crippen molar-refractivity contribution >= 4 is 22.3 Å². The highest BCUT2D eigenvalue weighted by molar-refractivity contribution is 7.82. The summed E-state index contributed by atoms with van der Waals surface area (Å²) in [6.07, 6.45) is 4.39. The van der Waals surface area contributed by atoms with Crippen LogP contribution in [0.4, 0.5) is 0 Å². The van der Waals surface area contributed by atoms with Gasteiger partial charge in [0, 0.05) is 12.2 Å². The van der Waals surface area contributed by atoms with E-state index in [1.165, 1.54) is 55.0 Å². The van der Waals surface area contributed by atoms with Crippen molar-refractivity contribution in [2.24, 2.45) is 0 Å².